The summed E-state index contributed by atoms with van der Waals surface area (Å²) >= 11 is 0. The Morgan fingerprint density at radius 3 is 2.72 bits per heavy atom. The number of allylic oxidation sites excluding steroid dienone is 1. The molecule has 4 nitrogen and oxygen atoms in total. The number of rotatable bonds is 9. The second-order valence-electron chi connectivity index (χ2n) is 8.08. The summed E-state index contributed by atoms with van der Waals surface area (Å²) in [6.07, 6.45) is 15.3. The molecule has 0 N–H and O–H groups in total. The zero-order valence-corrected chi connectivity index (χ0v) is 15.7. The van der Waals surface area contributed by atoms with Crippen molar-refractivity contribution in [1.82, 2.24) is 9.80 Å². The smallest absolute Gasteiger partial charge is 0.222 e. The van der Waals surface area contributed by atoms with E-state index in [-0.39, 0.29) is 5.91 Å². The highest BCUT2D eigenvalue weighted by Crippen LogP contribution is 2.30. The Balaban J connectivity index is 1.41. The number of likely N-dealkylation sites (tertiary alicyclic amines) is 1. The van der Waals surface area contributed by atoms with Crippen molar-refractivity contribution in [2.45, 2.75) is 77.0 Å². The summed E-state index contributed by atoms with van der Waals surface area (Å²) in [6.45, 7) is 3.48. The topological polar surface area (TPSA) is 40.6 Å². The maximum Gasteiger partial charge on any atom is 0.222 e. The summed E-state index contributed by atoms with van der Waals surface area (Å²) in [7, 11) is 0. The number of hydrogen-bond acceptors (Lipinski definition) is 2. The minimum Gasteiger partial charge on any atom is -0.343 e. The summed E-state index contributed by atoms with van der Waals surface area (Å²) in [5, 5.41) is 0. The molecule has 1 saturated carbocycles. The molecule has 25 heavy (non-hydrogen) atoms. The lowest BCUT2D eigenvalue weighted by molar-refractivity contribution is -0.135. The van der Waals surface area contributed by atoms with Gasteiger partial charge in [0, 0.05) is 39.0 Å². The molecule has 0 aromatic rings. The van der Waals surface area contributed by atoms with Crippen molar-refractivity contribution in [3.05, 3.63) is 11.6 Å². The van der Waals surface area contributed by atoms with Gasteiger partial charge in [0.1, 0.15) is 0 Å². The van der Waals surface area contributed by atoms with E-state index in [9.17, 15) is 9.59 Å². The molecular formula is C21H34N2O2. The Labute approximate surface area is 152 Å². The Kier molecular flexibility index (Phi) is 6.94. The van der Waals surface area contributed by atoms with Crippen LogP contribution in [0.25, 0.3) is 0 Å². The molecule has 2 aliphatic carbocycles. The van der Waals surface area contributed by atoms with Gasteiger partial charge in [0.05, 0.1) is 0 Å². The van der Waals surface area contributed by atoms with Gasteiger partial charge in [-0.25, -0.2) is 0 Å². The van der Waals surface area contributed by atoms with Crippen molar-refractivity contribution in [3.8, 4) is 0 Å². The molecule has 0 bridgehead atoms. The molecule has 0 radical (unpaired) electrons. The van der Waals surface area contributed by atoms with Crippen LogP contribution in [0, 0.1) is 5.92 Å². The Hall–Kier alpha value is -1.32. The predicted molar refractivity (Wildman–Crippen MR) is 100 cm³/mol. The third-order valence-corrected chi connectivity index (χ3v) is 5.86. The molecule has 0 aromatic heterocycles. The fourth-order valence-electron chi connectivity index (χ4n) is 4.02. The molecule has 1 heterocycles. The maximum absolute atomic E-state index is 12.7. The number of nitrogens with zero attached hydrogens (tertiary/aromatic N) is 2. The largest absolute Gasteiger partial charge is 0.343 e. The minimum absolute atomic E-state index is 0.276. The summed E-state index contributed by atoms with van der Waals surface area (Å²) in [4.78, 5) is 28.6. The van der Waals surface area contributed by atoms with Gasteiger partial charge in [-0.05, 0) is 70.1 Å². The van der Waals surface area contributed by atoms with E-state index in [1.54, 1.807) is 5.57 Å². The zero-order chi connectivity index (χ0) is 17.5. The monoisotopic (exact) mass is 346 g/mol. The van der Waals surface area contributed by atoms with Crippen LogP contribution in [0.5, 0.6) is 0 Å². The average molecular weight is 347 g/mol. The zero-order valence-electron chi connectivity index (χ0n) is 15.7. The van der Waals surface area contributed by atoms with E-state index >= 15 is 0 Å². The summed E-state index contributed by atoms with van der Waals surface area (Å²) in [5.74, 6) is 1.32. The van der Waals surface area contributed by atoms with Crippen molar-refractivity contribution < 1.29 is 9.59 Å². The van der Waals surface area contributed by atoms with Crippen molar-refractivity contribution in [3.63, 3.8) is 0 Å². The average Bonchev–Trinajstić information content (AvgIpc) is 3.45. The fraction of sp³-hybridized carbons (Fsp3) is 0.810. The molecule has 0 aromatic carbocycles. The molecule has 0 spiro atoms. The van der Waals surface area contributed by atoms with E-state index in [4.69, 9.17) is 0 Å². The number of amides is 2. The van der Waals surface area contributed by atoms with Gasteiger partial charge < -0.3 is 9.80 Å². The molecule has 0 unspecified atom stereocenters. The van der Waals surface area contributed by atoms with Gasteiger partial charge in [0.25, 0.3) is 0 Å². The normalized spacial score (nSPS) is 21.2. The third kappa shape index (κ3) is 6.16. The van der Waals surface area contributed by atoms with Crippen molar-refractivity contribution in [2.24, 2.45) is 5.92 Å². The maximum atomic E-state index is 12.7. The first-order valence-electron chi connectivity index (χ1n) is 10.5. The van der Waals surface area contributed by atoms with E-state index in [1.807, 2.05) is 4.90 Å². The van der Waals surface area contributed by atoms with E-state index in [1.165, 1.54) is 38.5 Å². The summed E-state index contributed by atoms with van der Waals surface area (Å²) < 4.78 is 0. The van der Waals surface area contributed by atoms with Gasteiger partial charge in [-0.1, -0.05) is 11.6 Å². The highest BCUT2D eigenvalue weighted by molar-refractivity contribution is 5.77. The van der Waals surface area contributed by atoms with Crippen LogP contribution in [0.1, 0.15) is 77.0 Å². The van der Waals surface area contributed by atoms with E-state index in [2.05, 4.69) is 11.0 Å². The van der Waals surface area contributed by atoms with Crippen LogP contribution in [0.3, 0.4) is 0 Å². The van der Waals surface area contributed by atoms with Crippen LogP contribution in [-0.2, 0) is 9.59 Å². The first kappa shape index (κ1) is 18.5. The van der Waals surface area contributed by atoms with Crippen molar-refractivity contribution in [1.29, 1.82) is 0 Å². The van der Waals surface area contributed by atoms with Crippen LogP contribution < -0.4 is 0 Å². The second-order valence-corrected chi connectivity index (χ2v) is 8.08. The first-order chi connectivity index (χ1) is 12.2. The molecule has 2 fully saturated rings. The molecule has 3 aliphatic rings. The molecule has 2 amide bonds. The highest BCUT2D eigenvalue weighted by Gasteiger charge is 2.27. The molecular weight excluding hydrogens is 312 g/mol. The molecule has 1 saturated heterocycles. The molecule has 140 valence electrons. The SMILES string of the molecule is O=C1CCCCN1CCCC(=O)N(CCC1=CCCCC1)CC1CC1. The van der Waals surface area contributed by atoms with Crippen LogP contribution in [0.2, 0.25) is 0 Å². The van der Waals surface area contributed by atoms with Gasteiger partial charge in [-0.3, -0.25) is 9.59 Å². The number of carbonyl (C=O) groups is 2. The van der Waals surface area contributed by atoms with E-state index in [0.29, 0.717) is 18.7 Å². The Morgan fingerprint density at radius 1 is 1.16 bits per heavy atom. The van der Waals surface area contributed by atoms with Gasteiger partial charge in [-0.2, -0.15) is 0 Å². The van der Waals surface area contributed by atoms with Gasteiger partial charge >= 0.3 is 0 Å². The summed E-state index contributed by atoms with van der Waals surface area (Å²) in [5.41, 5.74) is 1.55. The second kappa shape index (κ2) is 9.40. The van der Waals surface area contributed by atoms with Crippen LogP contribution in [0.4, 0.5) is 0 Å². The molecule has 0 atom stereocenters. The number of hydrogen-bond donors (Lipinski definition) is 0. The number of piperidine rings is 1. The molecule has 3 rings (SSSR count). The number of carbonyl (C=O) groups excluding carboxylic acids is 2. The van der Waals surface area contributed by atoms with Crippen molar-refractivity contribution >= 4 is 11.8 Å². The lowest BCUT2D eigenvalue weighted by Crippen LogP contribution is -2.37. The lowest BCUT2D eigenvalue weighted by Gasteiger charge is -2.27. The first-order valence-corrected chi connectivity index (χ1v) is 10.5. The van der Waals surface area contributed by atoms with Crippen LogP contribution in [-0.4, -0.2) is 47.8 Å². The summed E-state index contributed by atoms with van der Waals surface area (Å²) in [6, 6.07) is 0. The van der Waals surface area contributed by atoms with Crippen molar-refractivity contribution in [2.75, 3.05) is 26.2 Å². The molecule has 1 aliphatic heterocycles. The third-order valence-electron chi connectivity index (χ3n) is 5.86. The standard InChI is InChI=1S/C21H34N2O2/c24-20-9-4-5-14-22(20)15-6-10-21(25)23(17-19-11-12-19)16-13-18-7-2-1-3-8-18/h7,19H,1-6,8-17H2. The van der Waals surface area contributed by atoms with Gasteiger partial charge in [-0.15, -0.1) is 0 Å². The van der Waals surface area contributed by atoms with Gasteiger partial charge in [0.15, 0.2) is 0 Å². The quantitative estimate of drug-likeness (QED) is 0.594. The minimum atomic E-state index is 0.276. The Morgan fingerprint density at radius 2 is 2.00 bits per heavy atom. The molecule has 4 heteroatoms. The van der Waals surface area contributed by atoms with Crippen LogP contribution in [0.15, 0.2) is 11.6 Å². The van der Waals surface area contributed by atoms with Gasteiger partial charge in [0.2, 0.25) is 11.8 Å². The lowest BCUT2D eigenvalue weighted by atomic mass is 9.97. The van der Waals surface area contributed by atoms with E-state index in [0.717, 1.165) is 57.8 Å². The van der Waals surface area contributed by atoms with E-state index < -0.39 is 0 Å². The predicted octanol–water partition coefficient (Wildman–Crippen LogP) is 3.91. The Bertz CT molecular complexity index is 496. The highest BCUT2D eigenvalue weighted by atomic mass is 16.2. The van der Waals surface area contributed by atoms with Crippen LogP contribution >= 0.6 is 0 Å². The fourth-order valence-corrected chi connectivity index (χ4v) is 4.02.